The fraction of sp³-hybridized carbons (Fsp3) is 0.625. The first kappa shape index (κ1) is 16.3. The zero-order chi connectivity index (χ0) is 13.0. The molecule has 2 rings (SSSR count). The zero-order valence-corrected chi connectivity index (χ0v) is 13.1. The van der Waals surface area contributed by atoms with Gasteiger partial charge in [0, 0.05) is 6.04 Å². The lowest BCUT2D eigenvalue weighted by atomic mass is 10.0. The predicted molar refractivity (Wildman–Crippen MR) is 83.5 cm³/mol. The summed E-state index contributed by atoms with van der Waals surface area (Å²) < 4.78 is 5.98. The van der Waals surface area contributed by atoms with Crippen LogP contribution in [0.1, 0.15) is 44.6 Å². The maximum Gasteiger partial charge on any atom is 0.122 e. The van der Waals surface area contributed by atoms with Crippen LogP contribution >= 0.6 is 12.4 Å². The van der Waals surface area contributed by atoms with E-state index >= 15 is 0 Å². The van der Waals surface area contributed by atoms with Gasteiger partial charge in [0.15, 0.2) is 0 Å². The number of hydrogen-bond acceptors (Lipinski definition) is 2. The molecule has 3 heteroatoms. The van der Waals surface area contributed by atoms with Gasteiger partial charge < -0.3 is 9.64 Å². The number of nitrogens with zero attached hydrogens (tertiary/aromatic N) is 1. The monoisotopic (exact) mass is 283 g/mol. The molecule has 0 aliphatic carbocycles. The van der Waals surface area contributed by atoms with Gasteiger partial charge in [0.05, 0.1) is 6.61 Å². The van der Waals surface area contributed by atoms with Gasteiger partial charge in [-0.2, -0.15) is 0 Å². The van der Waals surface area contributed by atoms with Gasteiger partial charge in [0.1, 0.15) is 5.75 Å². The van der Waals surface area contributed by atoms with Crippen LogP contribution in [0.25, 0.3) is 0 Å². The van der Waals surface area contributed by atoms with Crippen molar-refractivity contribution in [2.45, 2.75) is 45.1 Å². The lowest BCUT2D eigenvalue weighted by molar-refractivity contribution is 0.232. The van der Waals surface area contributed by atoms with Crippen molar-refractivity contribution in [1.82, 2.24) is 4.90 Å². The first-order valence-corrected chi connectivity index (χ1v) is 7.10. The Bertz CT molecular complexity index is 381. The third-order valence-electron chi connectivity index (χ3n) is 3.92. The van der Waals surface area contributed by atoms with Crippen molar-refractivity contribution >= 4 is 12.4 Å². The summed E-state index contributed by atoms with van der Waals surface area (Å²) >= 11 is 0. The summed E-state index contributed by atoms with van der Waals surface area (Å²) in [5, 5.41) is 0. The second-order valence-electron chi connectivity index (χ2n) is 5.61. The second-order valence-corrected chi connectivity index (χ2v) is 5.61. The van der Waals surface area contributed by atoms with E-state index in [0.717, 1.165) is 24.8 Å². The van der Waals surface area contributed by atoms with Crippen molar-refractivity contribution in [3.8, 4) is 5.75 Å². The molecule has 1 heterocycles. The fourth-order valence-corrected chi connectivity index (χ4v) is 2.74. The van der Waals surface area contributed by atoms with Crippen molar-refractivity contribution in [3.05, 3.63) is 29.8 Å². The Morgan fingerprint density at radius 2 is 2.05 bits per heavy atom. The van der Waals surface area contributed by atoms with Crippen molar-refractivity contribution in [3.63, 3.8) is 0 Å². The fourth-order valence-electron chi connectivity index (χ4n) is 2.74. The maximum absolute atomic E-state index is 5.98. The summed E-state index contributed by atoms with van der Waals surface area (Å²) in [6.07, 6.45) is 3.80. The highest BCUT2D eigenvalue weighted by molar-refractivity contribution is 5.85. The Balaban J connectivity index is 0.00000180. The van der Waals surface area contributed by atoms with Crippen molar-refractivity contribution < 1.29 is 4.74 Å². The molecule has 0 aromatic heterocycles. The molecule has 1 saturated heterocycles. The third-order valence-corrected chi connectivity index (χ3v) is 3.92. The van der Waals surface area contributed by atoms with Crippen LogP contribution in [0.3, 0.4) is 0 Å². The molecule has 0 spiro atoms. The van der Waals surface area contributed by atoms with E-state index in [4.69, 9.17) is 4.74 Å². The average Bonchev–Trinajstić information content (AvgIpc) is 2.76. The Hall–Kier alpha value is -0.730. The highest BCUT2D eigenvalue weighted by atomic mass is 35.5. The largest absolute Gasteiger partial charge is 0.493 e. The molecule has 1 atom stereocenters. The molecule has 1 aliphatic rings. The highest BCUT2D eigenvalue weighted by Crippen LogP contribution is 2.26. The summed E-state index contributed by atoms with van der Waals surface area (Å²) in [6, 6.07) is 9.13. The van der Waals surface area contributed by atoms with Crippen LogP contribution in [0, 0.1) is 0 Å². The number of para-hydroxylation sites is 1. The van der Waals surface area contributed by atoms with E-state index in [2.05, 4.69) is 50.1 Å². The molecule has 0 saturated carbocycles. The van der Waals surface area contributed by atoms with Crippen molar-refractivity contribution in [2.24, 2.45) is 0 Å². The van der Waals surface area contributed by atoms with E-state index in [1.807, 2.05) is 0 Å². The SMILES string of the molecule is CC(C)c1ccccc1OCCC1CCCN1C.Cl. The summed E-state index contributed by atoms with van der Waals surface area (Å²) in [6.45, 7) is 6.51. The van der Waals surface area contributed by atoms with Gasteiger partial charge in [0.25, 0.3) is 0 Å². The molecule has 1 unspecified atom stereocenters. The van der Waals surface area contributed by atoms with Crippen molar-refractivity contribution in [2.75, 3.05) is 20.2 Å². The van der Waals surface area contributed by atoms with Crippen LogP contribution in [-0.2, 0) is 0 Å². The van der Waals surface area contributed by atoms with E-state index < -0.39 is 0 Å². The minimum atomic E-state index is 0. The Kier molecular flexibility index (Phi) is 6.67. The maximum atomic E-state index is 5.98. The first-order chi connectivity index (χ1) is 8.68. The van der Waals surface area contributed by atoms with Crippen LogP contribution < -0.4 is 4.74 Å². The van der Waals surface area contributed by atoms with Gasteiger partial charge in [-0.1, -0.05) is 32.0 Å². The van der Waals surface area contributed by atoms with Gasteiger partial charge in [-0.25, -0.2) is 0 Å². The lowest BCUT2D eigenvalue weighted by Gasteiger charge is -2.20. The molecular weight excluding hydrogens is 258 g/mol. The Morgan fingerprint density at radius 1 is 1.32 bits per heavy atom. The second kappa shape index (κ2) is 7.76. The molecule has 0 radical (unpaired) electrons. The van der Waals surface area contributed by atoms with Crippen LogP contribution in [0.2, 0.25) is 0 Å². The van der Waals surface area contributed by atoms with E-state index in [-0.39, 0.29) is 12.4 Å². The van der Waals surface area contributed by atoms with E-state index in [1.165, 1.54) is 24.9 Å². The number of benzene rings is 1. The first-order valence-electron chi connectivity index (χ1n) is 7.10. The molecule has 0 bridgehead atoms. The molecule has 0 N–H and O–H groups in total. The summed E-state index contributed by atoms with van der Waals surface area (Å²) in [7, 11) is 2.22. The molecule has 108 valence electrons. The number of halogens is 1. The number of ether oxygens (including phenoxy) is 1. The van der Waals surface area contributed by atoms with Gasteiger partial charge in [0.2, 0.25) is 0 Å². The molecule has 2 nitrogen and oxygen atoms in total. The number of hydrogen-bond donors (Lipinski definition) is 0. The molecule has 19 heavy (non-hydrogen) atoms. The number of likely N-dealkylation sites (tertiary alicyclic amines) is 1. The number of rotatable bonds is 5. The topological polar surface area (TPSA) is 12.5 Å². The minimum absolute atomic E-state index is 0. The normalized spacial score (nSPS) is 19.5. The third kappa shape index (κ3) is 4.39. The predicted octanol–water partition coefficient (Wildman–Crippen LogP) is 4.09. The van der Waals surface area contributed by atoms with E-state index in [0.29, 0.717) is 5.92 Å². The molecule has 1 aliphatic heterocycles. The van der Waals surface area contributed by atoms with Crippen LogP contribution in [0.5, 0.6) is 5.75 Å². The molecule has 1 aromatic carbocycles. The summed E-state index contributed by atoms with van der Waals surface area (Å²) in [5.74, 6) is 1.59. The molecule has 1 fully saturated rings. The Labute approximate surface area is 123 Å². The van der Waals surface area contributed by atoms with Crippen molar-refractivity contribution in [1.29, 1.82) is 0 Å². The van der Waals surface area contributed by atoms with Gasteiger partial charge >= 0.3 is 0 Å². The van der Waals surface area contributed by atoms with Crippen LogP contribution in [0.4, 0.5) is 0 Å². The van der Waals surface area contributed by atoms with Gasteiger partial charge in [-0.15, -0.1) is 12.4 Å². The average molecular weight is 284 g/mol. The minimum Gasteiger partial charge on any atom is -0.493 e. The molecule has 1 aromatic rings. The van der Waals surface area contributed by atoms with E-state index in [9.17, 15) is 0 Å². The molecular formula is C16H26ClNO. The van der Waals surface area contributed by atoms with Crippen LogP contribution in [-0.4, -0.2) is 31.1 Å². The highest BCUT2D eigenvalue weighted by Gasteiger charge is 2.20. The van der Waals surface area contributed by atoms with Gasteiger partial charge in [-0.3, -0.25) is 0 Å². The smallest absolute Gasteiger partial charge is 0.122 e. The Morgan fingerprint density at radius 3 is 2.68 bits per heavy atom. The zero-order valence-electron chi connectivity index (χ0n) is 12.3. The van der Waals surface area contributed by atoms with Crippen LogP contribution in [0.15, 0.2) is 24.3 Å². The molecule has 0 amide bonds. The summed E-state index contributed by atoms with van der Waals surface area (Å²) in [4.78, 5) is 2.46. The van der Waals surface area contributed by atoms with E-state index in [1.54, 1.807) is 0 Å². The quantitative estimate of drug-likeness (QED) is 0.807. The summed E-state index contributed by atoms with van der Waals surface area (Å²) in [5.41, 5.74) is 1.32. The standard InChI is InChI=1S/C16H25NO.ClH/c1-13(2)15-8-4-5-9-16(15)18-12-10-14-7-6-11-17(14)3;/h4-5,8-9,13-14H,6-7,10-12H2,1-3H3;1H. The van der Waals surface area contributed by atoms with Gasteiger partial charge in [-0.05, 0) is 50.4 Å². The lowest BCUT2D eigenvalue weighted by Crippen LogP contribution is -2.26.